The van der Waals surface area contributed by atoms with E-state index in [-0.39, 0.29) is 6.10 Å². The zero-order valence-corrected chi connectivity index (χ0v) is 17.4. The van der Waals surface area contributed by atoms with Crippen molar-refractivity contribution in [1.29, 1.82) is 0 Å². The average Bonchev–Trinajstić information content (AvgIpc) is 2.52. The van der Waals surface area contributed by atoms with Crippen LogP contribution >= 0.6 is 0 Å². The highest BCUT2D eigenvalue weighted by atomic mass is 16.3. The van der Waals surface area contributed by atoms with Crippen molar-refractivity contribution in [2.45, 2.75) is 98.5 Å². The summed E-state index contributed by atoms with van der Waals surface area (Å²) in [5.41, 5.74) is 1.02. The van der Waals surface area contributed by atoms with Gasteiger partial charge < -0.3 is 5.11 Å². The van der Waals surface area contributed by atoms with Crippen molar-refractivity contribution in [3.63, 3.8) is 0 Å². The van der Waals surface area contributed by atoms with Gasteiger partial charge in [-0.25, -0.2) is 0 Å². The molecule has 4 rings (SSSR count). The van der Waals surface area contributed by atoms with Gasteiger partial charge in [0.25, 0.3) is 0 Å². The largest absolute Gasteiger partial charge is 0.393 e. The van der Waals surface area contributed by atoms with Gasteiger partial charge in [-0.15, -0.1) is 0 Å². The second-order valence-electron chi connectivity index (χ2n) is 11.5. The second kappa shape index (κ2) is 6.25. The van der Waals surface area contributed by atoms with Gasteiger partial charge >= 0.3 is 0 Å². The van der Waals surface area contributed by atoms with Gasteiger partial charge in [0.1, 0.15) is 0 Å². The van der Waals surface area contributed by atoms with Gasteiger partial charge in [0.2, 0.25) is 0 Å². The number of hydrogen-bond acceptors (Lipinski definition) is 1. The number of rotatable bonds is 1. The zero-order chi connectivity index (χ0) is 18.0. The summed E-state index contributed by atoms with van der Waals surface area (Å²) in [5, 5.41) is 10.5. The van der Waals surface area contributed by atoms with E-state index < -0.39 is 0 Å². The first kappa shape index (κ1) is 18.3. The Kier molecular flexibility index (Phi) is 4.58. The van der Waals surface area contributed by atoms with E-state index >= 15 is 0 Å². The van der Waals surface area contributed by atoms with Crippen LogP contribution < -0.4 is 0 Å². The van der Waals surface area contributed by atoms with E-state index in [1.165, 1.54) is 57.8 Å². The average molecular weight is 347 g/mol. The van der Waals surface area contributed by atoms with Crippen LogP contribution in [0.3, 0.4) is 0 Å². The summed E-state index contributed by atoms with van der Waals surface area (Å²) in [4.78, 5) is 0. The van der Waals surface area contributed by atoms with Crippen molar-refractivity contribution in [2.75, 3.05) is 0 Å². The van der Waals surface area contributed by atoms with Gasteiger partial charge in [0.05, 0.1) is 6.10 Å². The lowest BCUT2D eigenvalue weighted by molar-refractivity contribution is -0.164. The number of aliphatic hydroxyl groups is 1. The summed E-state index contributed by atoms with van der Waals surface area (Å²) in [6.45, 7) is 12.3. The Morgan fingerprint density at radius 1 is 0.880 bits per heavy atom. The van der Waals surface area contributed by atoms with Crippen LogP contribution in [-0.2, 0) is 0 Å². The third kappa shape index (κ3) is 2.74. The molecule has 0 radical (unpaired) electrons. The third-order valence-corrected chi connectivity index (χ3v) is 10.0. The molecule has 1 N–H and O–H groups in total. The van der Waals surface area contributed by atoms with Crippen molar-refractivity contribution in [2.24, 2.45) is 52.3 Å². The molecule has 0 spiro atoms. The molecule has 10 atom stereocenters. The molecule has 0 saturated heterocycles. The Balaban J connectivity index is 1.64. The van der Waals surface area contributed by atoms with E-state index in [2.05, 4.69) is 34.6 Å². The molecule has 0 aromatic heterocycles. The normalized spacial score (nSPS) is 57.1. The van der Waals surface area contributed by atoms with Gasteiger partial charge in [-0.05, 0) is 104 Å². The molecule has 0 aromatic carbocycles. The summed E-state index contributed by atoms with van der Waals surface area (Å²) in [5.74, 6) is 6.13. The first-order valence-corrected chi connectivity index (χ1v) is 11.4. The summed E-state index contributed by atoms with van der Waals surface area (Å²) < 4.78 is 0. The monoisotopic (exact) mass is 346 g/mol. The van der Waals surface area contributed by atoms with Gasteiger partial charge in [-0.2, -0.15) is 0 Å². The van der Waals surface area contributed by atoms with Crippen LogP contribution in [0.2, 0.25) is 0 Å². The fourth-order valence-electron chi connectivity index (χ4n) is 9.13. The minimum absolute atomic E-state index is 0.124. The highest BCUT2D eigenvalue weighted by Gasteiger charge is 2.59. The molecule has 0 bridgehead atoms. The van der Waals surface area contributed by atoms with E-state index in [1.807, 2.05) is 0 Å². The minimum Gasteiger partial charge on any atom is -0.393 e. The Hall–Kier alpha value is -0.0400. The molecule has 0 amide bonds. The molecule has 0 aromatic rings. The zero-order valence-electron chi connectivity index (χ0n) is 17.4. The van der Waals surface area contributed by atoms with E-state index in [4.69, 9.17) is 0 Å². The van der Waals surface area contributed by atoms with Gasteiger partial charge in [0.15, 0.2) is 0 Å². The van der Waals surface area contributed by atoms with Crippen LogP contribution in [0.1, 0.15) is 92.4 Å². The highest BCUT2D eigenvalue weighted by Crippen LogP contribution is 2.67. The standard InChI is InChI=1S/C24H42O/c1-15-6-8-21-18-11-13-24(5)20(17(3)25)9-7-16(2)22(24)19(18)10-12-23(21,4)14-15/h15-22,25H,6-14H2,1-5H3. The first-order chi connectivity index (χ1) is 11.8. The predicted octanol–water partition coefficient (Wildman–Crippen LogP) is 6.30. The lowest BCUT2D eigenvalue weighted by Crippen LogP contribution is -2.58. The van der Waals surface area contributed by atoms with E-state index in [0.717, 1.165) is 35.5 Å². The van der Waals surface area contributed by atoms with E-state index in [0.29, 0.717) is 16.7 Å². The maximum Gasteiger partial charge on any atom is 0.0545 e. The molecule has 1 nitrogen and oxygen atoms in total. The second-order valence-corrected chi connectivity index (χ2v) is 11.5. The molecule has 1 heteroatoms. The number of hydrogen-bond donors (Lipinski definition) is 1. The van der Waals surface area contributed by atoms with Crippen LogP contribution in [-0.4, -0.2) is 11.2 Å². The maximum absolute atomic E-state index is 10.5. The van der Waals surface area contributed by atoms with Crippen LogP contribution in [0, 0.1) is 52.3 Å². The Bertz CT molecular complexity index is 498. The molecule has 4 saturated carbocycles. The highest BCUT2D eigenvalue weighted by molar-refractivity contribution is 5.08. The van der Waals surface area contributed by atoms with Gasteiger partial charge in [-0.3, -0.25) is 0 Å². The van der Waals surface area contributed by atoms with Crippen molar-refractivity contribution in [3.8, 4) is 0 Å². The molecule has 4 aliphatic carbocycles. The smallest absolute Gasteiger partial charge is 0.0545 e. The summed E-state index contributed by atoms with van der Waals surface area (Å²) in [6, 6.07) is 0. The fraction of sp³-hybridized carbons (Fsp3) is 1.00. The Morgan fingerprint density at radius 3 is 2.32 bits per heavy atom. The molecule has 0 aliphatic heterocycles. The molecule has 144 valence electrons. The van der Waals surface area contributed by atoms with Gasteiger partial charge in [0, 0.05) is 0 Å². The summed E-state index contributed by atoms with van der Waals surface area (Å²) in [6.07, 6.45) is 12.7. The molecule has 10 unspecified atom stereocenters. The van der Waals surface area contributed by atoms with Crippen LogP contribution in [0.25, 0.3) is 0 Å². The lowest BCUT2D eigenvalue weighted by atomic mass is 9.41. The third-order valence-electron chi connectivity index (χ3n) is 10.0. The molecule has 0 heterocycles. The van der Waals surface area contributed by atoms with Crippen molar-refractivity contribution >= 4 is 0 Å². The maximum atomic E-state index is 10.5. The Labute approximate surface area is 156 Å². The van der Waals surface area contributed by atoms with Crippen LogP contribution in [0.15, 0.2) is 0 Å². The molecular formula is C24H42O. The topological polar surface area (TPSA) is 20.2 Å². The molecule has 4 fully saturated rings. The van der Waals surface area contributed by atoms with E-state index in [9.17, 15) is 5.11 Å². The lowest BCUT2D eigenvalue weighted by Gasteiger charge is -2.64. The van der Waals surface area contributed by atoms with Crippen LogP contribution in [0.5, 0.6) is 0 Å². The van der Waals surface area contributed by atoms with Crippen molar-refractivity contribution < 1.29 is 5.11 Å². The summed E-state index contributed by atoms with van der Waals surface area (Å²) in [7, 11) is 0. The SMILES string of the molecule is CC1CCC2C3CCC4(C)C(C(C)O)CCC(C)C4C3CCC2(C)C1. The van der Waals surface area contributed by atoms with Crippen LogP contribution in [0.4, 0.5) is 0 Å². The molecule has 25 heavy (non-hydrogen) atoms. The quantitative estimate of drug-likeness (QED) is 0.591. The molecule has 4 aliphatic rings. The van der Waals surface area contributed by atoms with Crippen molar-refractivity contribution in [3.05, 3.63) is 0 Å². The number of aliphatic hydroxyl groups excluding tert-OH is 1. The first-order valence-electron chi connectivity index (χ1n) is 11.4. The minimum atomic E-state index is -0.124. The molecular weight excluding hydrogens is 304 g/mol. The van der Waals surface area contributed by atoms with Crippen molar-refractivity contribution in [1.82, 2.24) is 0 Å². The fourth-order valence-corrected chi connectivity index (χ4v) is 9.13. The van der Waals surface area contributed by atoms with Gasteiger partial charge in [-0.1, -0.05) is 40.5 Å². The predicted molar refractivity (Wildman–Crippen MR) is 105 cm³/mol. The Morgan fingerprint density at radius 2 is 1.60 bits per heavy atom. The number of fused-ring (bicyclic) bond motifs is 5. The van der Waals surface area contributed by atoms with E-state index in [1.54, 1.807) is 0 Å². The summed E-state index contributed by atoms with van der Waals surface area (Å²) >= 11 is 0.